The number of aliphatic carboxylic acids is 1. The molecule has 0 aromatic rings. The molecule has 0 amide bonds. The van der Waals surface area contributed by atoms with Crippen molar-refractivity contribution < 1.29 is 24.5 Å². The lowest BCUT2D eigenvalue weighted by atomic mass is 9.92. The van der Waals surface area contributed by atoms with Crippen LogP contribution in [0.4, 0.5) is 0 Å². The van der Waals surface area contributed by atoms with Crippen molar-refractivity contribution in [2.24, 2.45) is 0 Å². The zero-order chi connectivity index (χ0) is 10.3. The van der Waals surface area contributed by atoms with Gasteiger partial charge in [-0.15, -0.1) is 0 Å². The number of rotatable bonds is 2. The van der Waals surface area contributed by atoms with Crippen molar-refractivity contribution in [2.75, 3.05) is 0 Å². The minimum Gasteiger partial charge on any atom is -0.475 e. The second kappa shape index (κ2) is 3.18. The van der Waals surface area contributed by atoms with E-state index in [4.69, 9.17) is 9.84 Å². The molecule has 1 aliphatic heterocycles. The lowest BCUT2D eigenvalue weighted by Crippen LogP contribution is -2.23. The number of epoxide rings is 1. The highest BCUT2D eigenvalue weighted by Crippen LogP contribution is 2.40. The van der Waals surface area contributed by atoms with Crippen molar-refractivity contribution in [1.29, 1.82) is 0 Å². The molecule has 14 heavy (non-hydrogen) atoms. The average Bonchev–Trinajstić information content (AvgIpc) is 2.89. The number of hydrogen-bond donors (Lipinski definition) is 2. The van der Waals surface area contributed by atoms with Crippen molar-refractivity contribution in [3.63, 3.8) is 0 Å². The molecule has 0 spiro atoms. The molecule has 0 aromatic heterocycles. The Morgan fingerprint density at radius 1 is 1.50 bits per heavy atom. The maximum absolute atomic E-state index is 10.9. The lowest BCUT2D eigenvalue weighted by molar-refractivity contribution is -0.146. The summed E-state index contributed by atoms with van der Waals surface area (Å²) in [6.07, 6.45) is 1.23. The van der Waals surface area contributed by atoms with Crippen LogP contribution in [0.1, 0.15) is 12.8 Å². The molecule has 5 heteroatoms. The van der Waals surface area contributed by atoms with E-state index in [0.717, 1.165) is 6.08 Å². The number of carboxylic acid groups (broad SMARTS) is 1. The molecule has 1 saturated carbocycles. The van der Waals surface area contributed by atoms with Crippen LogP contribution < -0.4 is 0 Å². The van der Waals surface area contributed by atoms with Crippen LogP contribution in [0.15, 0.2) is 11.6 Å². The molecule has 5 nitrogen and oxygen atoms in total. The first-order valence-corrected chi connectivity index (χ1v) is 4.41. The number of carbonyl (C=O) groups excluding carboxylic acids is 1. The maximum Gasteiger partial charge on any atom is 0.376 e. The number of aliphatic hydroxyl groups is 1. The summed E-state index contributed by atoms with van der Waals surface area (Å²) in [7, 11) is 0. The van der Waals surface area contributed by atoms with E-state index < -0.39 is 17.9 Å². The number of ether oxygens (including phenoxy) is 1. The van der Waals surface area contributed by atoms with E-state index in [-0.39, 0.29) is 12.2 Å². The topological polar surface area (TPSA) is 87.1 Å². The van der Waals surface area contributed by atoms with Crippen LogP contribution >= 0.6 is 0 Å². The fraction of sp³-hybridized carbons (Fsp3) is 0.556. The summed E-state index contributed by atoms with van der Waals surface area (Å²) in [5.41, 5.74) is 0.688. The molecular formula is C9H10O5. The number of hydrogen-bond acceptors (Lipinski definition) is 4. The summed E-state index contributed by atoms with van der Waals surface area (Å²) in [6.45, 7) is 0. The van der Waals surface area contributed by atoms with E-state index in [2.05, 4.69) is 0 Å². The van der Waals surface area contributed by atoms with Crippen LogP contribution in [0.5, 0.6) is 0 Å². The van der Waals surface area contributed by atoms with Crippen molar-refractivity contribution in [2.45, 2.75) is 31.2 Å². The molecule has 2 N–H and O–H groups in total. The van der Waals surface area contributed by atoms with Gasteiger partial charge >= 0.3 is 5.97 Å². The number of carboxylic acids is 1. The summed E-state index contributed by atoms with van der Waals surface area (Å²) < 4.78 is 5.12. The fourth-order valence-corrected chi connectivity index (χ4v) is 1.72. The van der Waals surface area contributed by atoms with Crippen molar-refractivity contribution in [3.05, 3.63) is 11.6 Å². The minimum absolute atomic E-state index is 0.225. The van der Waals surface area contributed by atoms with Crippen LogP contribution in [0.3, 0.4) is 0 Å². The Labute approximate surface area is 80.0 Å². The van der Waals surface area contributed by atoms with Gasteiger partial charge in [0.15, 0.2) is 0 Å². The molecule has 2 aliphatic rings. The zero-order valence-electron chi connectivity index (χ0n) is 7.34. The maximum atomic E-state index is 10.9. The van der Waals surface area contributed by atoms with Crippen LogP contribution in [0.2, 0.25) is 0 Å². The van der Waals surface area contributed by atoms with Gasteiger partial charge in [0, 0.05) is 0 Å². The highest BCUT2D eigenvalue weighted by Gasteiger charge is 2.49. The van der Waals surface area contributed by atoms with E-state index in [1.165, 1.54) is 0 Å². The summed E-state index contributed by atoms with van der Waals surface area (Å²) in [5.74, 6) is -2.38. The van der Waals surface area contributed by atoms with Gasteiger partial charge in [0.25, 0.3) is 5.78 Å². The predicted molar refractivity (Wildman–Crippen MR) is 44.6 cm³/mol. The van der Waals surface area contributed by atoms with Crippen molar-refractivity contribution in [1.82, 2.24) is 0 Å². The lowest BCUT2D eigenvalue weighted by Gasteiger charge is -2.13. The average molecular weight is 198 g/mol. The van der Waals surface area contributed by atoms with E-state index >= 15 is 0 Å². The van der Waals surface area contributed by atoms with E-state index in [0.29, 0.717) is 18.4 Å². The van der Waals surface area contributed by atoms with Gasteiger partial charge in [0.05, 0.1) is 6.10 Å². The smallest absolute Gasteiger partial charge is 0.376 e. The first-order valence-electron chi connectivity index (χ1n) is 4.41. The van der Waals surface area contributed by atoms with Gasteiger partial charge in [0.2, 0.25) is 0 Å². The third kappa shape index (κ3) is 1.56. The second-order valence-corrected chi connectivity index (χ2v) is 3.52. The summed E-state index contributed by atoms with van der Waals surface area (Å²) in [5, 5.41) is 17.7. The second-order valence-electron chi connectivity index (χ2n) is 3.52. The van der Waals surface area contributed by atoms with E-state index in [9.17, 15) is 14.7 Å². The third-order valence-corrected chi connectivity index (χ3v) is 2.53. The molecule has 0 radical (unpaired) electrons. The van der Waals surface area contributed by atoms with E-state index in [1.807, 2.05) is 0 Å². The molecule has 0 bridgehead atoms. The van der Waals surface area contributed by atoms with Gasteiger partial charge in [-0.25, -0.2) is 4.79 Å². The molecule has 1 saturated heterocycles. The Morgan fingerprint density at radius 3 is 2.86 bits per heavy atom. The van der Waals surface area contributed by atoms with Gasteiger partial charge in [-0.3, -0.25) is 4.79 Å². The number of carbonyl (C=O) groups is 2. The van der Waals surface area contributed by atoms with Gasteiger partial charge in [-0.1, -0.05) is 0 Å². The van der Waals surface area contributed by atoms with Gasteiger partial charge in [-0.2, -0.15) is 0 Å². The molecule has 2 rings (SSSR count). The fourth-order valence-electron chi connectivity index (χ4n) is 1.72. The van der Waals surface area contributed by atoms with Crippen LogP contribution in [-0.4, -0.2) is 40.3 Å². The van der Waals surface area contributed by atoms with Crippen LogP contribution in [0, 0.1) is 0 Å². The Morgan fingerprint density at radius 2 is 2.21 bits per heavy atom. The zero-order valence-corrected chi connectivity index (χ0v) is 7.34. The Kier molecular flexibility index (Phi) is 2.13. The number of aliphatic hydroxyl groups excluding tert-OH is 1. The first kappa shape index (κ1) is 9.36. The van der Waals surface area contributed by atoms with Crippen molar-refractivity contribution in [3.8, 4) is 0 Å². The SMILES string of the molecule is O=C(O)C(=O)C=C1CCC(O)C2OC12. The van der Waals surface area contributed by atoms with Crippen molar-refractivity contribution >= 4 is 11.8 Å². The Bertz CT molecular complexity index is 319. The Hall–Kier alpha value is -1.20. The summed E-state index contributed by atoms with van der Waals surface area (Å²) in [6, 6.07) is 0. The standard InChI is InChI=1S/C9H10O5/c10-5-2-1-4(7-8(5)14-7)3-6(11)9(12)13/h3,5,7-8,10H,1-2H2,(H,12,13). The van der Waals surface area contributed by atoms with Gasteiger partial charge in [-0.05, 0) is 24.5 Å². The molecule has 2 fully saturated rings. The molecule has 3 atom stereocenters. The number of fused-ring (bicyclic) bond motifs is 1. The first-order chi connectivity index (χ1) is 6.59. The van der Waals surface area contributed by atoms with Gasteiger partial charge < -0.3 is 14.9 Å². The molecule has 76 valence electrons. The molecule has 1 heterocycles. The molecule has 0 aromatic carbocycles. The molecular weight excluding hydrogens is 188 g/mol. The Balaban J connectivity index is 2.07. The predicted octanol–water partition coefficient (Wildman–Crippen LogP) is -0.511. The largest absolute Gasteiger partial charge is 0.475 e. The van der Waals surface area contributed by atoms with Crippen LogP contribution in [-0.2, 0) is 14.3 Å². The third-order valence-electron chi connectivity index (χ3n) is 2.53. The number of ketones is 1. The summed E-state index contributed by atoms with van der Waals surface area (Å²) >= 11 is 0. The highest BCUT2D eigenvalue weighted by molar-refractivity contribution is 6.37. The quantitative estimate of drug-likeness (QED) is 0.354. The monoisotopic (exact) mass is 198 g/mol. The summed E-state index contributed by atoms with van der Waals surface area (Å²) in [4.78, 5) is 21.1. The normalized spacial score (nSPS) is 37.8. The molecule has 1 aliphatic carbocycles. The van der Waals surface area contributed by atoms with Gasteiger partial charge in [0.1, 0.15) is 12.2 Å². The highest BCUT2D eigenvalue weighted by atomic mass is 16.6. The molecule has 3 unspecified atom stereocenters. The van der Waals surface area contributed by atoms with Crippen LogP contribution in [0.25, 0.3) is 0 Å². The van der Waals surface area contributed by atoms with E-state index in [1.54, 1.807) is 0 Å². The minimum atomic E-state index is -1.46.